The summed E-state index contributed by atoms with van der Waals surface area (Å²) in [6.45, 7) is 1.90. The van der Waals surface area contributed by atoms with Crippen molar-refractivity contribution in [2.75, 3.05) is 14.2 Å². The highest BCUT2D eigenvalue weighted by atomic mass is 32.1. The summed E-state index contributed by atoms with van der Waals surface area (Å²) in [6, 6.07) is 5.79. The van der Waals surface area contributed by atoms with Crippen molar-refractivity contribution in [2.24, 2.45) is 0 Å². The molecule has 1 aliphatic rings. The zero-order chi connectivity index (χ0) is 19.8. The van der Waals surface area contributed by atoms with Crippen molar-refractivity contribution in [3.63, 3.8) is 0 Å². The van der Waals surface area contributed by atoms with Crippen LogP contribution in [0.1, 0.15) is 34.5 Å². The van der Waals surface area contributed by atoms with Crippen LogP contribution in [0.15, 0.2) is 18.2 Å². The van der Waals surface area contributed by atoms with Crippen LogP contribution in [0.5, 0.6) is 11.5 Å². The van der Waals surface area contributed by atoms with Crippen LogP contribution >= 0.6 is 11.3 Å². The second-order valence-corrected chi connectivity index (χ2v) is 8.17. The van der Waals surface area contributed by atoms with Gasteiger partial charge in [-0.2, -0.15) is 0 Å². The number of rotatable bonds is 5. The average molecular weight is 397 g/mol. The molecule has 4 rings (SSSR count). The van der Waals surface area contributed by atoms with Crippen molar-refractivity contribution in [3.05, 3.63) is 39.9 Å². The number of nitrogens with zero attached hydrogens (tertiary/aromatic N) is 1. The van der Waals surface area contributed by atoms with E-state index in [1.807, 2.05) is 25.1 Å². The van der Waals surface area contributed by atoms with Gasteiger partial charge in [0.25, 0.3) is 0 Å². The lowest BCUT2D eigenvalue weighted by Gasteiger charge is -2.17. The highest BCUT2D eigenvalue weighted by molar-refractivity contribution is 7.19. The number of aromatic nitrogens is 1. The fraction of sp³-hybridized carbons (Fsp3) is 0.364. The molecule has 0 amide bonds. The van der Waals surface area contributed by atoms with E-state index < -0.39 is 5.97 Å². The van der Waals surface area contributed by atoms with E-state index in [4.69, 9.17) is 14.5 Å². The van der Waals surface area contributed by atoms with Gasteiger partial charge in [0.1, 0.15) is 4.83 Å². The number of hydrogen-bond donors (Lipinski definition) is 1. The van der Waals surface area contributed by atoms with Gasteiger partial charge >= 0.3 is 5.97 Å². The molecule has 0 atom stereocenters. The molecule has 0 unspecified atom stereocenters. The molecule has 3 aromatic rings. The quantitative estimate of drug-likeness (QED) is 0.670. The molecule has 0 spiro atoms. The van der Waals surface area contributed by atoms with Gasteiger partial charge in [0.15, 0.2) is 11.5 Å². The third kappa shape index (κ3) is 3.11. The first-order valence-corrected chi connectivity index (χ1v) is 10.2. The molecule has 28 heavy (non-hydrogen) atoms. The van der Waals surface area contributed by atoms with Crippen LogP contribution in [0.2, 0.25) is 0 Å². The number of hydrogen-bond acceptors (Lipinski definition) is 5. The molecule has 2 aromatic heterocycles. The van der Waals surface area contributed by atoms with Crippen LogP contribution in [0.4, 0.5) is 0 Å². The average Bonchev–Trinajstić information content (AvgIpc) is 3.05. The molecule has 0 saturated carbocycles. The van der Waals surface area contributed by atoms with Crippen molar-refractivity contribution < 1.29 is 19.4 Å². The monoisotopic (exact) mass is 397 g/mol. The number of carbonyl (C=O) groups is 1. The van der Waals surface area contributed by atoms with E-state index in [1.165, 1.54) is 16.9 Å². The Balaban J connectivity index is 2.06. The SMILES string of the molecule is COc1ccc(-c2c(CC(=O)O)c(C)nc3sc4c(c23)CCCC4)cc1OC. The van der Waals surface area contributed by atoms with Crippen molar-refractivity contribution in [1.82, 2.24) is 4.98 Å². The number of aryl methyl sites for hydroxylation is 3. The third-order valence-corrected chi connectivity index (χ3v) is 6.60. The molecule has 1 N–H and O–H groups in total. The predicted octanol–water partition coefficient (Wildman–Crippen LogP) is 4.79. The molecule has 1 aromatic carbocycles. The van der Waals surface area contributed by atoms with Gasteiger partial charge < -0.3 is 14.6 Å². The van der Waals surface area contributed by atoms with Crippen LogP contribution < -0.4 is 9.47 Å². The van der Waals surface area contributed by atoms with Gasteiger partial charge in [0.05, 0.1) is 20.6 Å². The van der Waals surface area contributed by atoms with Gasteiger partial charge in [-0.05, 0) is 67.0 Å². The van der Waals surface area contributed by atoms with E-state index in [-0.39, 0.29) is 6.42 Å². The van der Waals surface area contributed by atoms with Crippen LogP contribution in [0.3, 0.4) is 0 Å². The first kappa shape index (κ1) is 18.7. The Labute approximate surface area is 167 Å². The second-order valence-electron chi connectivity index (χ2n) is 7.08. The van der Waals surface area contributed by atoms with Gasteiger partial charge in [-0.1, -0.05) is 6.07 Å². The first-order chi connectivity index (χ1) is 13.5. The van der Waals surface area contributed by atoms with Gasteiger partial charge in [0.2, 0.25) is 0 Å². The van der Waals surface area contributed by atoms with Crippen LogP contribution in [0.25, 0.3) is 21.3 Å². The molecule has 0 saturated heterocycles. The molecule has 0 radical (unpaired) electrons. The van der Waals surface area contributed by atoms with E-state index >= 15 is 0 Å². The Kier molecular flexibility index (Phi) is 4.98. The topological polar surface area (TPSA) is 68.7 Å². The number of fused-ring (bicyclic) bond motifs is 3. The number of carboxylic acid groups (broad SMARTS) is 1. The number of aliphatic carboxylic acids is 1. The number of methoxy groups -OCH3 is 2. The second kappa shape index (κ2) is 7.43. The number of thiophene rings is 1. The van der Waals surface area contributed by atoms with Gasteiger partial charge in [-0.25, -0.2) is 4.98 Å². The standard InChI is InChI=1S/C22H23NO4S/c1-12-15(11-19(24)25)20(13-8-9-16(26-2)17(10-13)27-3)21-14-6-4-5-7-18(14)28-22(21)23-12/h8-10H,4-7,11H2,1-3H3,(H,24,25). The lowest BCUT2D eigenvalue weighted by Crippen LogP contribution is -2.07. The molecule has 0 aliphatic heterocycles. The van der Waals surface area contributed by atoms with Gasteiger partial charge in [-0.3, -0.25) is 4.79 Å². The molecular formula is C22H23NO4S. The largest absolute Gasteiger partial charge is 0.493 e. The Morgan fingerprint density at radius 1 is 1.18 bits per heavy atom. The number of carboxylic acids is 1. The Bertz CT molecular complexity index is 1070. The molecule has 146 valence electrons. The number of ether oxygens (including phenoxy) is 2. The lowest BCUT2D eigenvalue weighted by atomic mass is 9.89. The molecule has 6 heteroatoms. The first-order valence-electron chi connectivity index (χ1n) is 9.41. The maximum absolute atomic E-state index is 11.6. The molecule has 0 fully saturated rings. The normalized spacial score (nSPS) is 13.4. The maximum Gasteiger partial charge on any atom is 0.307 e. The highest BCUT2D eigenvalue weighted by Crippen LogP contribution is 2.44. The van der Waals surface area contributed by atoms with Gasteiger partial charge in [0, 0.05) is 16.0 Å². The summed E-state index contributed by atoms with van der Waals surface area (Å²) >= 11 is 1.75. The summed E-state index contributed by atoms with van der Waals surface area (Å²) in [4.78, 5) is 18.8. The molecule has 5 nitrogen and oxygen atoms in total. The smallest absolute Gasteiger partial charge is 0.307 e. The summed E-state index contributed by atoms with van der Waals surface area (Å²) in [5.74, 6) is 0.434. The van der Waals surface area contributed by atoms with Crippen LogP contribution in [0, 0.1) is 6.92 Å². The third-order valence-electron chi connectivity index (χ3n) is 5.41. The number of benzene rings is 1. The van der Waals surface area contributed by atoms with Crippen molar-refractivity contribution in [2.45, 2.75) is 39.0 Å². The minimum absolute atomic E-state index is 0.0525. The minimum atomic E-state index is -0.852. The summed E-state index contributed by atoms with van der Waals surface area (Å²) in [5.41, 5.74) is 4.81. The van der Waals surface area contributed by atoms with E-state index in [9.17, 15) is 9.90 Å². The Morgan fingerprint density at radius 2 is 1.93 bits per heavy atom. The Hall–Kier alpha value is -2.60. The summed E-state index contributed by atoms with van der Waals surface area (Å²) < 4.78 is 10.9. The van der Waals surface area contributed by atoms with E-state index in [0.717, 1.165) is 51.9 Å². The minimum Gasteiger partial charge on any atom is -0.493 e. The zero-order valence-corrected chi connectivity index (χ0v) is 17.1. The fourth-order valence-electron chi connectivity index (χ4n) is 4.12. The van der Waals surface area contributed by atoms with E-state index in [0.29, 0.717) is 11.5 Å². The maximum atomic E-state index is 11.6. The molecule has 0 bridgehead atoms. The van der Waals surface area contributed by atoms with Crippen molar-refractivity contribution in [1.29, 1.82) is 0 Å². The molecular weight excluding hydrogens is 374 g/mol. The number of pyridine rings is 1. The highest BCUT2D eigenvalue weighted by Gasteiger charge is 2.25. The van der Waals surface area contributed by atoms with E-state index in [1.54, 1.807) is 25.6 Å². The van der Waals surface area contributed by atoms with E-state index in [2.05, 4.69) is 0 Å². The van der Waals surface area contributed by atoms with Crippen molar-refractivity contribution >= 4 is 27.5 Å². The summed E-state index contributed by atoms with van der Waals surface area (Å²) in [5, 5.41) is 10.7. The van der Waals surface area contributed by atoms with Gasteiger partial charge in [-0.15, -0.1) is 11.3 Å². The van der Waals surface area contributed by atoms with Crippen molar-refractivity contribution in [3.8, 4) is 22.6 Å². The molecule has 2 heterocycles. The summed E-state index contributed by atoms with van der Waals surface area (Å²) in [7, 11) is 3.22. The zero-order valence-electron chi connectivity index (χ0n) is 16.3. The fourth-order valence-corrected chi connectivity index (χ4v) is 5.43. The van der Waals surface area contributed by atoms with Crippen LogP contribution in [-0.4, -0.2) is 30.3 Å². The van der Waals surface area contributed by atoms with Crippen LogP contribution in [-0.2, 0) is 24.1 Å². The lowest BCUT2D eigenvalue weighted by molar-refractivity contribution is -0.136. The predicted molar refractivity (Wildman–Crippen MR) is 111 cm³/mol. The summed E-state index contributed by atoms with van der Waals surface area (Å²) in [6.07, 6.45) is 4.41. The molecule has 1 aliphatic carbocycles. The Morgan fingerprint density at radius 3 is 2.64 bits per heavy atom.